The third-order valence-electron chi connectivity index (χ3n) is 5.60. The number of ether oxygens (including phenoxy) is 1. The molecule has 1 aromatic carbocycles. The summed E-state index contributed by atoms with van der Waals surface area (Å²) in [6.07, 6.45) is 1.03. The average Bonchev–Trinajstić information content (AvgIpc) is 3.03. The summed E-state index contributed by atoms with van der Waals surface area (Å²) in [5, 5.41) is 9.80. The second-order valence-corrected chi connectivity index (χ2v) is 7.28. The second-order valence-electron chi connectivity index (χ2n) is 7.28. The lowest BCUT2D eigenvalue weighted by atomic mass is 9.90. The van der Waals surface area contributed by atoms with Crippen molar-refractivity contribution in [3.63, 3.8) is 0 Å². The van der Waals surface area contributed by atoms with Gasteiger partial charge in [0.25, 0.3) is 0 Å². The summed E-state index contributed by atoms with van der Waals surface area (Å²) >= 11 is 0. The molecule has 6 nitrogen and oxygen atoms in total. The van der Waals surface area contributed by atoms with Crippen molar-refractivity contribution in [1.29, 1.82) is 0 Å². The zero-order chi connectivity index (χ0) is 19.7. The Bertz CT molecular complexity index is 743. The van der Waals surface area contributed by atoms with Gasteiger partial charge in [-0.15, -0.1) is 0 Å². The van der Waals surface area contributed by atoms with Crippen LogP contribution in [0.1, 0.15) is 42.7 Å². The molecule has 1 aliphatic heterocycles. The minimum atomic E-state index is -0.921. The average molecular weight is 382 g/mol. The fraction of sp³-hybridized carbons (Fsp3) is 0.579. The van der Waals surface area contributed by atoms with Gasteiger partial charge in [-0.2, -0.15) is 0 Å². The van der Waals surface area contributed by atoms with E-state index in [1.165, 1.54) is 24.1 Å². The first-order valence-corrected chi connectivity index (χ1v) is 9.10. The molecule has 27 heavy (non-hydrogen) atoms. The van der Waals surface area contributed by atoms with E-state index in [1.54, 1.807) is 0 Å². The van der Waals surface area contributed by atoms with Crippen molar-refractivity contribution >= 4 is 11.9 Å². The lowest BCUT2D eigenvalue weighted by Crippen LogP contribution is -2.53. The SMILES string of the molecule is COC(=O)C1CC(O)CCN1C(=O)CC(N)C1CCc2cc(F)c(F)cc21. The highest BCUT2D eigenvalue weighted by Gasteiger charge is 2.38. The van der Waals surface area contributed by atoms with Crippen LogP contribution in [0.15, 0.2) is 12.1 Å². The number of aliphatic hydroxyl groups is 1. The van der Waals surface area contributed by atoms with Gasteiger partial charge in [0.2, 0.25) is 5.91 Å². The zero-order valence-electron chi connectivity index (χ0n) is 15.2. The summed E-state index contributed by atoms with van der Waals surface area (Å²) in [5.41, 5.74) is 7.61. The van der Waals surface area contributed by atoms with Gasteiger partial charge in [0.05, 0.1) is 13.2 Å². The van der Waals surface area contributed by atoms with Gasteiger partial charge in [-0.1, -0.05) is 0 Å². The molecule has 0 bridgehead atoms. The summed E-state index contributed by atoms with van der Waals surface area (Å²) in [6.45, 7) is 0.244. The Labute approximate surface area is 156 Å². The molecule has 148 valence electrons. The van der Waals surface area contributed by atoms with Crippen LogP contribution in [0.25, 0.3) is 0 Å². The topological polar surface area (TPSA) is 92.9 Å². The van der Waals surface area contributed by atoms with Gasteiger partial charge in [-0.05, 0) is 42.5 Å². The Morgan fingerprint density at radius 1 is 1.33 bits per heavy atom. The Hall–Kier alpha value is -2.06. The number of nitrogens with two attached hydrogens (primary N) is 1. The molecule has 3 N–H and O–H groups in total. The molecule has 1 saturated heterocycles. The number of piperidine rings is 1. The van der Waals surface area contributed by atoms with Gasteiger partial charge >= 0.3 is 5.97 Å². The normalized spacial score (nSPS) is 25.8. The lowest BCUT2D eigenvalue weighted by Gasteiger charge is -2.37. The second kappa shape index (κ2) is 7.90. The summed E-state index contributed by atoms with van der Waals surface area (Å²) in [6, 6.07) is 0.953. The van der Waals surface area contributed by atoms with Crippen molar-refractivity contribution < 1.29 is 28.2 Å². The number of aryl methyl sites for hydroxylation is 1. The van der Waals surface area contributed by atoms with Gasteiger partial charge in [-0.25, -0.2) is 13.6 Å². The fourth-order valence-corrected chi connectivity index (χ4v) is 4.14. The number of hydrogen-bond acceptors (Lipinski definition) is 5. The van der Waals surface area contributed by atoms with Crippen LogP contribution in [-0.4, -0.2) is 53.7 Å². The first-order valence-electron chi connectivity index (χ1n) is 9.10. The molecule has 4 atom stereocenters. The Balaban J connectivity index is 1.71. The molecule has 0 spiro atoms. The van der Waals surface area contributed by atoms with E-state index in [4.69, 9.17) is 10.5 Å². The molecule has 1 heterocycles. The molecule has 1 aromatic rings. The number of carbonyl (C=O) groups is 2. The minimum absolute atomic E-state index is 0.0211. The summed E-state index contributed by atoms with van der Waals surface area (Å²) in [5.74, 6) is -2.92. The highest BCUT2D eigenvalue weighted by atomic mass is 19.2. The number of hydrogen-bond donors (Lipinski definition) is 2. The number of carbonyl (C=O) groups excluding carboxylic acids is 2. The molecule has 2 aliphatic rings. The van der Waals surface area contributed by atoms with Crippen molar-refractivity contribution in [3.8, 4) is 0 Å². The maximum absolute atomic E-state index is 13.6. The molecule has 8 heteroatoms. The monoisotopic (exact) mass is 382 g/mol. The van der Waals surface area contributed by atoms with Crippen LogP contribution in [0.4, 0.5) is 8.78 Å². The highest BCUT2D eigenvalue weighted by Crippen LogP contribution is 2.37. The standard InChI is InChI=1S/C19H24F2N2O4/c1-27-19(26)17-7-11(24)4-5-23(17)18(25)9-16(22)12-3-2-10-6-14(20)15(21)8-13(10)12/h6,8,11-12,16-17,24H,2-5,7,9,22H2,1H3. The Morgan fingerprint density at radius 2 is 2.04 bits per heavy atom. The van der Waals surface area contributed by atoms with E-state index in [1.807, 2.05) is 0 Å². The van der Waals surface area contributed by atoms with Gasteiger partial charge in [0, 0.05) is 31.3 Å². The van der Waals surface area contributed by atoms with Gasteiger partial charge < -0.3 is 20.5 Å². The molecule has 4 unspecified atom stereocenters. The maximum atomic E-state index is 13.6. The van der Waals surface area contributed by atoms with Crippen LogP contribution in [0.2, 0.25) is 0 Å². The molecular formula is C19H24F2N2O4. The van der Waals surface area contributed by atoms with E-state index < -0.39 is 35.8 Å². The van der Waals surface area contributed by atoms with Crippen LogP contribution in [0.3, 0.4) is 0 Å². The number of esters is 1. The molecule has 1 fully saturated rings. The van der Waals surface area contributed by atoms with Crippen LogP contribution >= 0.6 is 0 Å². The largest absolute Gasteiger partial charge is 0.467 e. The van der Waals surface area contributed by atoms with Crippen LogP contribution in [0.5, 0.6) is 0 Å². The first kappa shape index (κ1) is 19.7. The van der Waals surface area contributed by atoms with Crippen LogP contribution in [-0.2, 0) is 20.7 Å². The number of rotatable bonds is 4. The molecular weight excluding hydrogens is 358 g/mol. The summed E-state index contributed by atoms with van der Waals surface area (Å²) < 4.78 is 31.8. The van der Waals surface area contributed by atoms with E-state index in [9.17, 15) is 23.5 Å². The minimum Gasteiger partial charge on any atom is -0.467 e. The predicted molar refractivity (Wildman–Crippen MR) is 92.8 cm³/mol. The van der Waals surface area contributed by atoms with Gasteiger partial charge in [-0.3, -0.25) is 4.79 Å². The number of amides is 1. The van der Waals surface area contributed by atoms with Crippen molar-refractivity contribution in [2.24, 2.45) is 5.73 Å². The van der Waals surface area contributed by atoms with Gasteiger partial charge in [0.15, 0.2) is 11.6 Å². The van der Waals surface area contributed by atoms with E-state index in [-0.39, 0.29) is 31.2 Å². The van der Waals surface area contributed by atoms with Gasteiger partial charge in [0.1, 0.15) is 6.04 Å². The third kappa shape index (κ3) is 3.96. The van der Waals surface area contributed by atoms with E-state index in [0.717, 1.165) is 5.56 Å². The van der Waals surface area contributed by atoms with Crippen LogP contribution in [0, 0.1) is 11.6 Å². The Kier molecular flexibility index (Phi) is 5.76. The number of likely N-dealkylation sites (tertiary alicyclic amines) is 1. The molecule has 3 rings (SSSR count). The summed E-state index contributed by atoms with van der Waals surface area (Å²) in [4.78, 5) is 26.1. The van der Waals surface area contributed by atoms with Crippen molar-refractivity contribution in [2.75, 3.05) is 13.7 Å². The van der Waals surface area contributed by atoms with Crippen LogP contribution < -0.4 is 5.73 Å². The van der Waals surface area contributed by atoms with E-state index >= 15 is 0 Å². The maximum Gasteiger partial charge on any atom is 0.328 e. The number of methoxy groups -OCH3 is 1. The zero-order valence-corrected chi connectivity index (χ0v) is 15.2. The molecule has 1 amide bonds. The molecule has 0 radical (unpaired) electrons. The molecule has 1 aliphatic carbocycles. The number of aliphatic hydroxyl groups excluding tert-OH is 1. The van der Waals surface area contributed by atoms with Crippen molar-refractivity contribution in [1.82, 2.24) is 4.90 Å². The fourth-order valence-electron chi connectivity index (χ4n) is 4.14. The molecule has 0 saturated carbocycles. The highest BCUT2D eigenvalue weighted by molar-refractivity contribution is 5.85. The van der Waals surface area contributed by atoms with Crippen molar-refractivity contribution in [3.05, 3.63) is 34.9 Å². The quantitative estimate of drug-likeness (QED) is 0.765. The van der Waals surface area contributed by atoms with E-state index in [2.05, 4.69) is 0 Å². The third-order valence-corrected chi connectivity index (χ3v) is 5.60. The predicted octanol–water partition coefficient (Wildman–Crippen LogP) is 1.24. The smallest absolute Gasteiger partial charge is 0.328 e. The number of halogens is 2. The number of fused-ring (bicyclic) bond motifs is 1. The Morgan fingerprint density at radius 3 is 2.74 bits per heavy atom. The number of benzene rings is 1. The summed E-state index contributed by atoms with van der Waals surface area (Å²) in [7, 11) is 1.24. The van der Waals surface area contributed by atoms with E-state index in [0.29, 0.717) is 24.8 Å². The first-order chi connectivity index (χ1) is 12.8. The number of nitrogens with zero attached hydrogens (tertiary/aromatic N) is 1. The molecule has 0 aromatic heterocycles. The van der Waals surface area contributed by atoms with Crippen molar-refractivity contribution in [2.45, 2.75) is 56.2 Å². The lowest BCUT2D eigenvalue weighted by molar-refractivity contribution is -0.157.